The number of benzene rings is 2. The molecular weight excluding hydrogens is 324 g/mol. The Kier molecular flexibility index (Phi) is 5.53. The van der Waals surface area contributed by atoms with Gasteiger partial charge < -0.3 is 23.7 Å². The molecule has 1 unspecified atom stereocenters. The Morgan fingerprint density at radius 2 is 1.72 bits per heavy atom. The predicted octanol–water partition coefficient (Wildman–Crippen LogP) is 3.36. The molecule has 0 spiro atoms. The maximum absolute atomic E-state index is 12.5. The van der Waals surface area contributed by atoms with E-state index in [0.29, 0.717) is 22.8 Å². The summed E-state index contributed by atoms with van der Waals surface area (Å²) >= 11 is 0. The lowest BCUT2D eigenvalue weighted by Crippen LogP contribution is -2.20. The van der Waals surface area contributed by atoms with Crippen molar-refractivity contribution in [3.63, 3.8) is 0 Å². The second-order valence-electron chi connectivity index (χ2n) is 5.57. The summed E-state index contributed by atoms with van der Waals surface area (Å²) in [4.78, 5) is 12.5. The lowest BCUT2D eigenvalue weighted by Gasteiger charge is -2.26. The molecule has 0 saturated carbocycles. The van der Waals surface area contributed by atoms with Crippen molar-refractivity contribution in [1.82, 2.24) is 0 Å². The van der Waals surface area contributed by atoms with E-state index in [0.717, 1.165) is 5.56 Å². The third-order valence-corrected chi connectivity index (χ3v) is 3.81. The van der Waals surface area contributed by atoms with Gasteiger partial charge in [-0.3, -0.25) is 4.79 Å². The fourth-order valence-corrected chi connectivity index (χ4v) is 2.64. The second-order valence-corrected chi connectivity index (χ2v) is 5.57. The minimum Gasteiger partial charge on any atom is -0.484 e. The van der Waals surface area contributed by atoms with Crippen molar-refractivity contribution in [2.24, 2.45) is 0 Å². The van der Waals surface area contributed by atoms with Crippen LogP contribution in [-0.2, 0) is 9.47 Å². The summed E-state index contributed by atoms with van der Waals surface area (Å²) in [6.45, 7) is 0.298. The largest absolute Gasteiger partial charge is 0.484 e. The van der Waals surface area contributed by atoms with Gasteiger partial charge in [0.25, 0.3) is 0 Å². The van der Waals surface area contributed by atoms with Crippen molar-refractivity contribution in [3.05, 3.63) is 53.6 Å². The molecule has 0 aromatic heterocycles. The number of methoxy groups -OCH3 is 2. The summed E-state index contributed by atoms with van der Waals surface area (Å²) in [5, 5.41) is 0. The van der Waals surface area contributed by atoms with E-state index in [1.54, 1.807) is 32.4 Å². The maximum atomic E-state index is 12.5. The summed E-state index contributed by atoms with van der Waals surface area (Å²) < 4.78 is 26.7. The minimum absolute atomic E-state index is 0.0350. The predicted molar refractivity (Wildman–Crippen MR) is 90.2 cm³/mol. The number of Topliss-reactive ketones (excluding diaryl/α,β-unsaturated/α-hetero) is 1. The highest BCUT2D eigenvalue weighted by atomic mass is 16.7. The van der Waals surface area contributed by atoms with Crippen LogP contribution in [0, 0.1) is 0 Å². The number of carbonyl (C=O) groups excluding carboxylic acids is 1. The highest BCUT2D eigenvalue weighted by molar-refractivity contribution is 6.00. The number of hydrogen-bond donors (Lipinski definition) is 0. The molecule has 0 radical (unpaired) electrons. The van der Waals surface area contributed by atoms with Gasteiger partial charge in [0.1, 0.15) is 23.4 Å². The number of ether oxygens (including phenoxy) is 5. The van der Waals surface area contributed by atoms with E-state index in [4.69, 9.17) is 23.7 Å². The van der Waals surface area contributed by atoms with Crippen LogP contribution in [0.2, 0.25) is 0 Å². The van der Waals surface area contributed by atoms with E-state index < -0.39 is 0 Å². The van der Waals surface area contributed by atoms with Gasteiger partial charge in [-0.05, 0) is 29.8 Å². The lowest BCUT2D eigenvalue weighted by molar-refractivity contribution is 0.0501. The molecule has 0 N–H and O–H groups in total. The Balaban J connectivity index is 1.81. The Bertz CT molecular complexity index is 742. The molecule has 1 aliphatic heterocycles. The van der Waals surface area contributed by atoms with Gasteiger partial charge in [0.05, 0.1) is 12.0 Å². The number of hydrogen-bond acceptors (Lipinski definition) is 6. The molecule has 0 fully saturated rings. The standard InChI is InChI=1S/C19H20O6/c1-21-11-23-14-5-3-4-13(8-14)18-10-17(20)16-7-6-15(24-12-22-2)9-19(16)25-18/h3-9,18H,10-12H2,1-2H3. The van der Waals surface area contributed by atoms with Crippen molar-refractivity contribution in [1.29, 1.82) is 0 Å². The summed E-state index contributed by atoms with van der Waals surface area (Å²) in [6, 6.07) is 12.6. The highest BCUT2D eigenvalue weighted by Crippen LogP contribution is 2.37. The molecule has 0 saturated heterocycles. The summed E-state index contributed by atoms with van der Waals surface area (Å²) in [7, 11) is 3.11. The van der Waals surface area contributed by atoms with E-state index in [1.807, 2.05) is 24.3 Å². The fraction of sp³-hybridized carbons (Fsp3) is 0.316. The first kappa shape index (κ1) is 17.3. The summed E-state index contributed by atoms with van der Waals surface area (Å²) in [6.07, 6.45) is -0.0947. The van der Waals surface area contributed by atoms with Gasteiger partial charge in [-0.1, -0.05) is 12.1 Å². The topological polar surface area (TPSA) is 63.2 Å². The van der Waals surface area contributed by atoms with Crippen molar-refractivity contribution in [2.75, 3.05) is 27.8 Å². The summed E-state index contributed by atoms with van der Waals surface area (Å²) in [5.41, 5.74) is 1.43. The van der Waals surface area contributed by atoms with Crippen LogP contribution in [0.15, 0.2) is 42.5 Å². The van der Waals surface area contributed by atoms with E-state index in [1.165, 1.54) is 0 Å². The molecule has 25 heavy (non-hydrogen) atoms. The molecule has 132 valence electrons. The zero-order valence-electron chi connectivity index (χ0n) is 14.2. The van der Waals surface area contributed by atoms with E-state index in [9.17, 15) is 4.79 Å². The van der Waals surface area contributed by atoms with Crippen LogP contribution in [0.1, 0.15) is 28.4 Å². The van der Waals surface area contributed by atoms with Gasteiger partial charge in [0.2, 0.25) is 0 Å². The molecule has 0 bridgehead atoms. The highest BCUT2D eigenvalue weighted by Gasteiger charge is 2.28. The van der Waals surface area contributed by atoms with Crippen LogP contribution in [0.3, 0.4) is 0 Å². The molecule has 1 atom stereocenters. The third-order valence-electron chi connectivity index (χ3n) is 3.81. The quantitative estimate of drug-likeness (QED) is 0.718. The van der Waals surface area contributed by atoms with Gasteiger partial charge in [-0.2, -0.15) is 0 Å². The van der Waals surface area contributed by atoms with Gasteiger partial charge >= 0.3 is 0 Å². The molecular formula is C19H20O6. The molecule has 6 heteroatoms. The zero-order chi connectivity index (χ0) is 17.6. The minimum atomic E-state index is -0.372. The molecule has 6 nitrogen and oxygen atoms in total. The first-order chi connectivity index (χ1) is 12.2. The Morgan fingerprint density at radius 1 is 1.00 bits per heavy atom. The van der Waals surface area contributed by atoms with E-state index >= 15 is 0 Å². The number of fused-ring (bicyclic) bond motifs is 1. The van der Waals surface area contributed by atoms with Crippen molar-refractivity contribution < 1.29 is 28.5 Å². The van der Waals surface area contributed by atoms with Crippen molar-refractivity contribution in [2.45, 2.75) is 12.5 Å². The molecule has 2 aromatic rings. The van der Waals surface area contributed by atoms with E-state index in [2.05, 4.69) is 0 Å². The molecule has 0 aliphatic carbocycles. The van der Waals surface area contributed by atoms with Crippen molar-refractivity contribution >= 4 is 5.78 Å². The first-order valence-corrected chi connectivity index (χ1v) is 7.88. The smallest absolute Gasteiger partial charge is 0.188 e. The number of ketones is 1. The first-order valence-electron chi connectivity index (χ1n) is 7.88. The SMILES string of the molecule is COCOc1cccc(C2CC(=O)c3ccc(OCOC)cc3O2)c1. The normalized spacial score (nSPS) is 16.1. The van der Waals surface area contributed by atoms with Crippen LogP contribution in [0.4, 0.5) is 0 Å². The molecule has 1 heterocycles. The Hall–Kier alpha value is -2.57. The molecule has 3 rings (SSSR count). The monoisotopic (exact) mass is 344 g/mol. The van der Waals surface area contributed by atoms with E-state index in [-0.39, 0.29) is 31.9 Å². The third kappa shape index (κ3) is 4.10. The summed E-state index contributed by atoms with van der Waals surface area (Å²) in [5.74, 6) is 1.80. The second kappa shape index (κ2) is 8.00. The van der Waals surface area contributed by atoms with Crippen LogP contribution >= 0.6 is 0 Å². The number of carbonyl (C=O) groups is 1. The fourth-order valence-electron chi connectivity index (χ4n) is 2.64. The van der Waals surface area contributed by atoms with Gasteiger partial charge in [0.15, 0.2) is 19.4 Å². The zero-order valence-corrected chi connectivity index (χ0v) is 14.2. The molecule has 0 amide bonds. The maximum Gasteiger partial charge on any atom is 0.188 e. The van der Waals surface area contributed by atoms with Crippen LogP contribution < -0.4 is 14.2 Å². The molecule has 1 aliphatic rings. The van der Waals surface area contributed by atoms with Crippen molar-refractivity contribution in [3.8, 4) is 17.2 Å². The van der Waals surface area contributed by atoms with Gasteiger partial charge in [0, 0.05) is 20.3 Å². The van der Waals surface area contributed by atoms with Gasteiger partial charge in [-0.25, -0.2) is 0 Å². The van der Waals surface area contributed by atoms with Crippen LogP contribution in [-0.4, -0.2) is 33.6 Å². The average Bonchev–Trinajstić information content (AvgIpc) is 2.64. The van der Waals surface area contributed by atoms with Crippen LogP contribution in [0.5, 0.6) is 17.2 Å². The lowest BCUT2D eigenvalue weighted by atomic mass is 9.96. The van der Waals surface area contributed by atoms with Gasteiger partial charge in [-0.15, -0.1) is 0 Å². The Morgan fingerprint density at radius 3 is 2.44 bits per heavy atom. The average molecular weight is 344 g/mol. The molecule has 2 aromatic carbocycles. The number of rotatable bonds is 7. The Labute approximate surface area is 146 Å². The van der Waals surface area contributed by atoms with Crippen LogP contribution in [0.25, 0.3) is 0 Å².